The summed E-state index contributed by atoms with van der Waals surface area (Å²) in [6, 6.07) is 5.84. The second-order valence-electron chi connectivity index (χ2n) is 5.44. The largest absolute Gasteiger partial charge is 0.484 e. The molecule has 5 nitrogen and oxygen atoms in total. The third kappa shape index (κ3) is 4.72. The summed E-state index contributed by atoms with van der Waals surface area (Å²) < 4.78 is 7.50. The maximum Gasteiger partial charge on any atom is 0.170 e. The van der Waals surface area contributed by atoms with E-state index in [0.717, 1.165) is 24.5 Å². The minimum atomic E-state index is 0.348. The highest BCUT2D eigenvalue weighted by molar-refractivity contribution is 6.32. The predicted octanol–water partition coefficient (Wildman–Crippen LogP) is 2.79. The van der Waals surface area contributed by atoms with Crippen LogP contribution in [0, 0.1) is 5.92 Å². The van der Waals surface area contributed by atoms with Crippen LogP contribution in [0.25, 0.3) is 0 Å². The first-order valence-corrected chi connectivity index (χ1v) is 7.39. The third-order valence-electron chi connectivity index (χ3n) is 3.04. The van der Waals surface area contributed by atoms with Gasteiger partial charge in [-0.15, -0.1) is 10.2 Å². The van der Waals surface area contributed by atoms with Crippen molar-refractivity contribution < 1.29 is 4.74 Å². The van der Waals surface area contributed by atoms with E-state index >= 15 is 0 Å². The molecule has 0 bridgehead atoms. The number of hydrogen-bond donors (Lipinski definition) is 1. The van der Waals surface area contributed by atoms with Crippen LogP contribution in [0.15, 0.2) is 24.5 Å². The number of ether oxygens (including phenoxy) is 1. The quantitative estimate of drug-likeness (QED) is 0.854. The van der Waals surface area contributed by atoms with Crippen molar-refractivity contribution in [2.75, 3.05) is 6.54 Å². The van der Waals surface area contributed by atoms with Gasteiger partial charge in [-0.1, -0.05) is 31.5 Å². The summed E-state index contributed by atoms with van der Waals surface area (Å²) in [5.41, 5.74) is 1.15. The molecular formula is C15H21ClN4O. The number of rotatable bonds is 7. The number of nitrogens with one attached hydrogen (secondary N) is 1. The first-order valence-electron chi connectivity index (χ1n) is 7.01. The molecule has 0 aliphatic rings. The van der Waals surface area contributed by atoms with Gasteiger partial charge in [-0.2, -0.15) is 0 Å². The predicted molar refractivity (Wildman–Crippen MR) is 83.3 cm³/mol. The zero-order valence-electron chi connectivity index (χ0n) is 12.6. The standard InChI is InChI=1S/C15H21ClN4O/c1-11(2)7-17-8-12-4-5-14(13(16)6-12)21-9-15-19-18-10-20(15)3/h4-6,10-11,17H,7-9H2,1-3H3. The maximum absolute atomic E-state index is 6.26. The van der Waals surface area contributed by atoms with Gasteiger partial charge in [-0.3, -0.25) is 0 Å². The molecule has 1 aromatic heterocycles. The summed E-state index contributed by atoms with van der Waals surface area (Å²) in [4.78, 5) is 0. The lowest BCUT2D eigenvalue weighted by Gasteiger charge is -2.11. The molecule has 0 fully saturated rings. The van der Waals surface area contributed by atoms with Crippen LogP contribution in [-0.4, -0.2) is 21.3 Å². The fourth-order valence-corrected chi connectivity index (χ4v) is 2.11. The summed E-state index contributed by atoms with van der Waals surface area (Å²) in [6.07, 6.45) is 1.64. The Kier molecular flexibility index (Phi) is 5.59. The van der Waals surface area contributed by atoms with Gasteiger partial charge < -0.3 is 14.6 Å². The molecule has 0 unspecified atom stereocenters. The molecule has 1 N–H and O–H groups in total. The molecule has 1 heterocycles. The number of nitrogens with zero attached hydrogens (tertiary/aromatic N) is 3. The van der Waals surface area contributed by atoms with Gasteiger partial charge in [-0.25, -0.2) is 0 Å². The number of hydrogen-bond acceptors (Lipinski definition) is 4. The first kappa shape index (κ1) is 15.8. The lowest BCUT2D eigenvalue weighted by atomic mass is 10.2. The van der Waals surface area contributed by atoms with E-state index < -0.39 is 0 Å². The van der Waals surface area contributed by atoms with Crippen LogP contribution in [0.5, 0.6) is 5.75 Å². The highest BCUT2D eigenvalue weighted by atomic mass is 35.5. The smallest absolute Gasteiger partial charge is 0.170 e. The second-order valence-corrected chi connectivity index (χ2v) is 5.84. The molecule has 2 aromatic rings. The molecule has 0 aliphatic carbocycles. The lowest BCUT2D eigenvalue weighted by Crippen LogP contribution is -2.18. The Morgan fingerprint density at radius 1 is 1.38 bits per heavy atom. The molecule has 0 aliphatic heterocycles. The highest BCUT2D eigenvalue weighted by Crippen LogP contribution is 2.26. The summed E-state index contributed by atoms with van der Waals surface area (Å²) in [7, 11) is 1.88. The summed E-state index contributed by atoms with van der Waals surface area (Å²) >= 11 is 6.26. The monoisotopic (exact) mass is 308 g/mol. The van der Waals surface area contributed by atoms with E-state index in [1.54, 1.807) is 6.33 Å². The van der Waals surface area contributed by atoms with Gasteiger partial charge in [-0.05, 0) is 30.2 Å². The number of benzene rings is 1. The van der Waals surface area contributed by atoms with Crippen LogP contribution in [-0.2, 0) is 20.2 Å². The normalized spacial score (nSPS) is 11.1. The van der Waals surface area contributed by atoms with E-state index in [0.29, 0.717) is 23.3 Å². The Balaban J connectivity index is 1.91. The average molecular weight is 309 g/mol. The third-order valence-corrected chi connectivity index (χ3v) is 3.34. The molecule has 0 amide bonds. The van der Waals surface area contributed by atoms with Gasteiger partial charge in [0.25, 0.3) is 0 Å². The number of aromatic nitrogens is 3. The van der Waals surface area contributed by atoms with Crippen molar-refractivity contribution in [1.82, 2.24) is 20.1 Å². The topological polar surface area (TPSA) is 52.0 Å². The minimum absolute atomic E-state index is 0.348. The Labute approximate surface area is 130 Å². The van der Waals surface area contributed by atoms with Crippen molar-refractivity contribution in [3.05, 3.63) is 40.9 Å². The van der Waals surface area contributed by atoms with Crippen LogP contribution in [0.3, 0.4) is 0 Å². The van der Waals surface area contributed by atoms with Crippen LogP contribution < -0.4 is 10.1 Å². The Morgan fingerprint density at radius 2 is 2.19 bits per heavy atom. The highest BCUT2D eigenvalue weighted by Gasteiger charge is 2.06. The van der Waals surface area contributed by atoms with E-state index in [4.69, 9.17) is 16.3 Å². The van der Waals surface area contributed by atoms with Crippen molar-refractivity contribution in [2.45, 2.75) is 27.0 Å². The van der Waals surface area contributed by atoms with E-state index in [-0.39, 0.29) is 0 Å². The number of aryl methyl sites for hydroxylation is 1. The fourth-order valence-electron chi connectivity index (χ4n) is 1.86. The second kappa shape index (κ2) is 7.43. The molecule has 0 spiro atoms. The Hall–Kier alpha value is -1.59. The van der Waals surface area contributed by atoms with Gasteiger partial charge >= 0.3 is 0 Å². The van der Waals surface area contributed by atoms with E-state index in [2.05, 4.69) is 29.4 Å². The molecule has 0 atom stereocenters. The van der Waals surface area contributed by atoms with Crippen molar-refractivity contribution in [1.29, 1.82) is 0 Å². The van der Waals surface area contributed by atoms with Crippen molar-refractivity contribution in [2.24, 2.45) is 13.0 Å². The van der Waals surface area contributed by atoms with Gasteiger partial charge in [0.15, 0.2) is 5.82 Å². The van der Waals surface area contributed by atoms with E-state index in [1.807, 2.05) is 29.8 Å². The SMILES string of the molecule is CC(C)CNCc1ccc(OCc2nncn2C)c(Cl)c1. The summed E-state index contributed by atoms with van der Waals surface area (Å²) in [5, 5.41) is 11.8. The maximum atomic E-state index is 6.26. The van der Waals surface area contributed by atoms with Crippen LogP contribution in [0.4, 0.5) is 0 Å². The zero-order valence-corrected chi connectivity index (χ0v) is 13.4. The van der Waals surface area contributed by atoms with Gasteiger partial charge in [0.2, 0.25) is 0 Å². The van der Waals surface area contributed by atoms with Crippen LogP contribution >= 0.6 is 11.6 Å². The van der Waals surface area contributed by atoms with Crippen molar-refractivity contribution in [3.63, 3.8) is 0 Å². The zero-order chi connectivity index (χ0) is 15.2. The minimum Gasteiger partial charge on any atom is -0.484 e. The molecule has 0 saturated heterocycles. The Morgan fingerprint density at radius 3 is 2.81 bits per heavy atom. The summed E-state index contributed by atoms with van der Waals surface area (Å²) in [6.45, 7) is 6.51. The van der Waals surface area contributed by atoms with Crippen molar-refractivity contribution in [3.8, 4) is 5.75 Å². The van der Waals surface area contributed by atoms with Crippen molar-refractivity contribution >= 4 is 11.6 Å². The lowest BCUT2D eigenvalue weighted by molar-refractivity contribution is 0.291. The first-order chi connectivity index (χ1) is 10.1. The van der Waals surface area contributed by atoms with Crippen LogP contribution in [0.1, 0.15) is 25.2 Å². The number of halogens is 1. The molecular weight excluding hydrogens is 288 g/mol. The molecule has 0 radical (unpaired) electrons. The summed E-state index contributed by atoms with van der Waals surface area (Å²) in [5.74, 6) is 2.05. The molecule has 0 saturated carbocycles. The van der Waals surface area contributed by atoms with E-state index in [9.17, 15) is 0 Å². The van der Waals surface area contributed by atoms with Gasteiger partial charge in [0.1, 0.15) is 18.7 Å². The molecule has 114 valence electrons. The average Bonchev–Trinajstić information content (AvgIpc) is 2.83. The van der Waals surface area contributed by atoms with Crippen LogP contribution in [0.2, 0.25) is 5.02 Å². The van der Waals surface area contributed by atoms with Gasteiger partial charge in [0, 0.05) is 13.6 Å². The molecule has 21 heavy (non-hydrogen) atoms. The van der Waals surface area contributed by atoms with Gasteiger partial charge in [0.05, 0.1) is 5.02 Å². The van der Waals surface area contributed by atoms with E-state index in [1.165, 1.54) is 0 Å². The molecule has 6 heteroatoms. The molecule has 1 aromatic carbocycles. The molecule has 2 rings (SSSR count). The fraction of sp³-hybridized carbons (Fsp3) is 0.467. The Bertz CT molecular complexity index is 583.